The van der Waals surface area contributed by atoms with E-state index in [1.54, 1.807) is 0 Å². The standard InChI is InChI=1S/C16H27FN2/c1-3-5-7-9-11-14(10-8-6-4-2)16-18-12-15(17)13-19-16/h12-14H,3-11H2,1-2H3. The molecule has 0 saturated heterocycles. The maximum atomic E-state index is 12.9. The van der Waals surface area contributed by atoms with Crippen LogP contribution in [-0.2, 0) is 0 Å². The van der Waals surface area contributed by atoms with Gasteiger partial charge in [0.2, 0.25) is 0 Å². The highest BCUT2D eigenvalue weighted by atomic mass is 19.1. The topological polar surface area (TPSA) is 25.8 Å². The second-order valence-corrected chi connectivity index (χ2v) is 5.30. The van der Waals surface area contributed by atoms with Gasteiger partial charge in [-0.25, -0.2) is 14.4 Å². The van der Waals surface area contributed by atoms with Crippen LogP contribution in [-0.4, -0.2) is 9.97 Å². The van der Waals surface area contributed by atoms with Gasteiger partial charge in [0.15, 0.2) is 5.82 Å². The van der Waals surface area contributed by atoms with Gasteiger partial charge in [-0.3, -0.25) is 0 Å². The molecular weight excluding hydrogens is 239 g/mol. The summed E-state index contributed by atoms with van der Waals surface area (Å²) < 4.78 is 12.9. The van der Waals surface area contributed by atoms with Gasteiger partial charge in [0.05, 0.1) is 12.4 Å². The van der Waals surface area contributed by atoms with E-state index < -0.39 is 0 Å². The van der Waals surface area contributed by atoms with Crippen molar-refractivity contribution in [2.75, 3.05) is 0 Å². The molecule has 1 heterocycles. The molecule has 19 heavy (non-hydrogen) atoms. The molecule has 0 aliphatic rings. The molecule has 0 aliphatic carbocycles. The Hall–Kier alpha value is -0.990. The summed E-state index contributed by atoms with van der Waals surface area (Å²) in [5.74, 6) is 0.889. The number of rotatable bonds is 10. The van der Waals surface area contributed by atoms with Crippen molar-refractivity contribution in [2.24, 2.45) is 0 Å². The van der Waals surface area contributed by atoms with Gasteiger partial charge in [-0.05, 0) is 12.8 Å². The monoisotopic (exact) mass is 266 g/mol. The fourth-order valence-electron chi connectivity index (χ4n) is 2.39. The lowest BCUT2D eigenvalue weighted by Gasteiger charge is -2.15. The molecule has 0 aromatic carbocycles. The Balaban J connectivity index is 2.49. The van der Waals surface area contributed by atoms with E-state index in [1.807, 2.05) is 0 Å². The minimum absolute atomic E-state index is 0.345. The molecule has 1 rings (SSSR count). The van der Waals surface area contributed by atoms with Crippen LogP contribution in [0.1, 0.15) is 83.4 Å². The minimum atomic E-state index is -0.345. The number of nitrogens with zero attached hydrogens (tertiary/aromatic N) is 2. The van der Waals surface area contributed by atoms with Gasteiger partial charge in [0.25, 0.3) is 0 Å². The Labute approximate surface area is 116 Å². The average molecular weight is 266 g/mol. The maximum Gasteiger partial charge on any atom is 0.159 e. The van der Waals surface area contributed by atoms with Crippen LogP contribution in [0.5, 0.6) is 0 Å². The van der Waals surface area contributed by atoms with Crippen LogP contribution in [0.3, 0.4) is 0 Å². The van der Waals surface area contributed by atoms with Crippen molar-refractivity contribution in [1.82, 2.24) is 9.97 Å². The van der Waals surface area contributed by atoms with Crippen LogP contribution < -0.4 is 0 Å². The van der Waals surface area contributed by atoms with Crippen LogP contribution >= 0.6 is 0 Å². The van der Waals surface area contributed by atoms with E-state index in [-0.39, 0.29) is 5.82 Å². The van der Waals surface area contributed by atoms with Gasteiger partial charge in [-0.2, -0.15) is 0 Å². The summed E-state index contributed by atoms with van der Waals surface area (Å²) >= 11 is 0. The lowest BCUT2D eigenvalue weighted by Crippen LogP contribution is -2.05. The van der Waals surface area contributed by atoms with Crippen LogP contribution in [0.4, 0.5) is 4.39 Å². The maximum absolute atomic E-state index is 12.9. The van der Waals surface area contributed by atoms with Gasteiger partial charge >= 0.3 is 0 Å². The van der Waals surface area contributed by atoms with Crippen LogP contribution in [0.25, 0.3) is 0 Å². The number of hydrogen-bond acceptors (Lipinski definition) is 2. The Morgan fingerprint density at radius 1 is 0.895 bits per heavy atom. The fraction of sp³-hybridized carbons (Fsp3) is 0.750. The number of unbranched alkanes of at least 4 members (excludes halogenated alkanes) is 5. The summed E-state index contributed by atoms with van der Waals surface area (Å²) in [6.07, 6.45) is 13.6. The van der Waals surface area contributed by atoms with E-state index >= 15 is 0 Å². The Morgan fingerprint density at radius 3 is 2.00 bits per heavy atom. The smallest absolute Gasteiger partial charge is 0.159 e. The summed E-state index contributed by atoms with van der Waals surface area (Å²) in [5, 5.41) is 0. The van der Waals surface area contributed by atoms with Crippen molar-refractivity contribution in [1.29, 1.82) is 0 Å². The van der Waals surface area contributed by atoms with E-state index in [0.717, 1.165) is 18.7 Å². The fourth-order valence-corrected chi connectivity index (χ4v) is 2.39. The third-order valence-electron chi connectivity index (χ3n) is 3.57. The molecule has 3 heteroatoms. The van der Waals surface area contributed by atoms with E-state index in [9.17, 15) is 4.39 Å². The summed E-state index contributed by atoms with van der Waals surface area (Å²) in [7, 11) is 0. The van der Waals surface area contributed by atoms with Gasteiger partial charge < -0.3 is 0 Å². The molecule has 1 aromatic heterocycles. The molecule has 0 radical (unpaired) electrons. The van der Waals surface area contributed by atoms with Gasteiger partial charge in [0, 0.05) is 5.92 Å². The van der Waals surface area contributed by atoms with Gasteiger partial charge in [-0.15, -0.1) is 0 Å². The molecule has 1 aromatic rings. The second kappa shape index (κ2) is 9.88. The van der Waals surface area contributed by atoms with Crippen molar-refractivity contribution >= 4 is 0 Å². The van der Waals surface area contributed by atoms with Crippen molar-refractivity contribution in [3.63, 3.8) is 0 Å². The van der Waals surface area contributed by atoms with E-state index in [2.05, 4.69) is 23.8 Å². The first-order valence-electron chi connectivity index (χ1n) is 7.75. The van der Waals surface area contributed by atoms with Crippen LogP contribution in [0, 0.1) is 5.82 Å². The summed E-state index contributed by atoms with van der Waals surface area (Å²) in [6.45, 7) is 4.44. The summed E-state index contributed by atoms with van der Waals surface area (Å²) in [6, 6.07) is 0. The number of hydrogen-bond donors (Lipinski definition) is 0. The Morgan fingerprint density at radius 2 is 1.42 bits per heavy atom. The normalized spacial score (nSPS) is 12.6. The van der Waals surface area contributed by atoms with Crippen LogP contribution in [0.15, 0.2) is 12.4 Å². The highest BCUT2D eigenvalue weighted by molar-refractivity contribution is 4.98. The predicted octanol–water partition coefficient (Wildman–Crippen LogP) is 5.25. The quantitative estimate of drug-likeness (QED) is 0.540. The first-order valence-corrected chi connectivity index (χ1v) is 7.75. The Bertz CT molecular complexity index is 324. The third kappa shape index (κ3) is 6.65. The summed E-state index contributed by atoms with van der Waals surface area (Å²) in [5.41, 5.74) is 0. The average Bonchev–Trinajstić information content (AvgIpc) is 2.43. The van der Waals surface area contributed by atoms with Crippen molar-refractivity contribution in [3.8, 4) is 0 Å². The molecule has 0 bridgehead atoms. The second-order valence-electron chi connectivity index (χ2n) is 5.30. The highest BCUT2D eigenvalue weighted by Gasteiger charge is 2.14. The Kier molecular flexibility index (Phi) is 8.35. The van der Waals surface area contributed by atoms with E-state index in [0.29, 0.717) is 5.92 Å². The van der Waals surface area contributed by atoms with Gasteiger partial charge in [-0.1, -0.05) is 58.8 Å². The van der Waals surface area contributed by atoms with Crippen LogP contribution in [0.2, 0.25) is 0 Å². The summed E-state index contributed by atoms with van der Waals surface area (Å²) in [4.78, 5) is 8.34. The zero-order chi connectivity index (χ0) is 13.9. The molecule has 1 unspecified atom stereocenters. The van der Waals surface area contributed by atoms with Crippen molar-refractivity contribution in [3.05, 3.63) is 24.0 Å². The number of halogens is 1. The molecule has 1 atom stereocenters. The number of aromatic nitrogens is 2. The molecule has 0 saturated carbocycles. The molecule has 0 amide bonds. The highest BCUT2D eigenvalue weighted by Crippen LogP contribution is 2.25. The SMILES string of the molecule is CCCCCCC(CCCCC)c1ncc(F)cn1. The third-order valence-corrected chi connectivity index (χ3v) is 3.57. The molecule has 2 nitrogen and oxygen atoms in total. The zero-order valence-electron chi connectivity index (χ0n) is 12.4. The zero-order valence-corrected chi connectivity index (χ0v) is 12.4. The molecule has 0 spiro atoms. The largest absolute Gasteiger partial charge is 0.238 e. The minimum Gasteiger partial charge on any atom is -0.238 e. The van der Waals surface area contributed by atoms with Gasteiger partial charge in [0.1, 0.15) is 5.82 Å². The molecule has 0 aliphatic heterocycles. The van der Waals surface area contributed by atoms with E-state index in [4.69, 9.17) is 0 Å². The molecule has 108 valence electrons. The molecule has 0 fully saturated rings. The molecule has 0 N–H and O–H groups in total. The molecular formula is C16H27FN2. The first kappa shape index (κ1) is 16.1. The first-order chi connectivity index (χ1) is 9.27. The van der Waals surface area contributed by atoms with E-state index in [1.165, 1.54) is 57.3 Å². The lowest BCUT2D eigenvalue weighted by atomic mass is 9.94. The lowest BCUT2D eigenvalue weighted by molar-refractivity contribution is 0.479. The van der Waals surface area contributed by atoms with Crippen molar-refractivity contribution in [2.45, 2.75) is 77.6 Å². The van der Waals surface area contributed by atoms with Crippen molar-refractivity contribution < 1.29 is 4.39 Å². The predicted molar refractivity (Wildman–Crippen MR) is 77.6 cm³/mol.